The molecule has 1 N–H and O–H groups in total. The first-order valence-corrected chi connectivity index (χ1v) is 4.66. The summed E-state index contributed by atoms with van der Waals surface area (Å²) in [7, 11) is 0. The molecule has 1 aromatic heterocycles. The van der Waals surface area contributed by atoms with Crippen LogP contribution in [0, 0.1) is 0 Å². The summed E-state index contributed by atoms with van der Waals surface area (Å²) in [6, 6.07) is 1.64. The predicted octanol–water partition coefficient (Wildman–Crippen LogP) is 0.621. The Kier molecular flexibility index (Phi) is 2.04. The van der Waals surface area contributed by atoms with Crippen molar-refractivity contribution in [1.82, 2.24) is 9.78 Å². The normalized spacial score (nSPS) is 14.8. The number of anilines is 1. The molecule has 0 saturated carbocycles. The highest BCUT2D eigenvalue weighted by Gasteiger charge is 2.11. The second kappa shape index (κ2) is 3.20. The van der Waals surface area contributed by atoms with Crippen LogP contribution in [0.4, 0.5) is 5.69 Å². The van der Waals surface area contributed by atoms with Gasteiger partial charge in [-0.05, 0) is 19.8 Å². The average Bonchev–Trinajstić information content (AvgIpc) is 2.17. The van der Waals surface area contributed by atoms with Gasteiger partial charge in [-0.3, -0.25) is 4.79 Å². The summed E-state index contributed by atoms with van der Waals surface area (Å²) >= 11 is 0. The van der Waals surface area contributed by atoms with Crippen molar-refractivity contribution < 1.29 is 0 Å². The van der Waals surface area contributed by atoms with Gasteiger partial charge < -0.3 is 5.32 Å². The van der Waals surface area contributed by atoms with E-state index in [1.165, 1.54) is 4.68 Å². The molecular weight excluding hydrogens is 166 g/mol. The van der Waals surface area contributed by atoms with Gasteiger partial charge in [0.05, 0.1) is 11.4 Å². The van der Waals surface area contributed by atoms with Gasteiger partial charge in [0.1, 0.15) is 0 Å². The molecule has 0 unspecified atom stereocenters. The fraction of sp³-hybridized carbons (Fsp3) is 0.556. The lowest BCUT2D eigenvalue weighted by atomic mass is 10.1. The van der Waals surface area contributed by atoms with E-state index in [-0.39, 0.29) is 5.56 Å². The fourth-order valence-corrected chi connectivity index (χ4v) is 1.57. The minimum atomic E-state index is -0.0179. The van der Waals surface area contributed by atoms with E-state index in [0.717, 1.165) is 30.8 Å². The van der Waals surface area contributed by atoms with Gasteiger partial charge in [0.15, 0.2) is 0 Å². The Hall–Kier alpha value is -1.32. The molecule has 0 saturated heterocycles. The smallest absolute Gasteiger partial charge is 0.268 e. The summed E-state index contributed by atoms with van der Waals surface area (Å²) in [6.07, 6.45) is 2.07. The van der Waals surface area contributed by atoms with Gasteiger partial charge in [0.2, 0.25) is 0 Å². The fourth-order valence-electron chi connectivity index (χ4n) is 1.57. The lowest BCUT2D eigenvalue weighted by Gasteiger charge is -2.17. The van der Waals surface area contributed by atoms with Crippen LogP contribution in [0.3, 0.4) is 0 Å². The van der Waals surface area contributed by atoms with Crippen molar-refractivity contribution in [3.63, 3.8) is 0 Å². The minimum absolute atomic E-state index is 0.0179. The molecule has 13 heavy (non-hydrogen) atoms. The van der Waals surface area contributed by atoms with E-state index in [9.17, 15) is 4.79 Å². The minimum Gasteiger partial charge on any atom is -0.383 e. The van der Waals surface area contributed by atoms with E-state index in [2.05, 4.69) is 10.4 Å². The van der Waals surface area contributed by atoms with Gasteiger partial charge in [-0.1, -0.05) is 0 Å². The molecule has 0 radical (unpaired) electrons. The van der Waals surface area contributed by atoms with Gasteiger partial charge in [0, 0.05) is 19.2 Å². The Morgan fingerprint density at radius 2 is 2.54 bits per heavy atom. The molecule has 70 valence electrons. The van der Waals surface area contributed by atoms with Gasteiger partial charge in [0.25, 0.3) is 5.56 Å². The van der Waals surface area contributed by atoms with Crippen LogP contribution >= 0.6 is 0 Å². The molecule has 4 heteroatoms. The molecule has 1 aliphatic heterocycles. The molecule has 0 fully saturated rings. The zero-order valence-corrected chi connectivity index (χ0v) is 7.71. The third kappa shape index (κ3) is 1.43. The van der Waals surface area contributed by atoms with Gasteiger partial charge >= 0.3 is 0 Å². The van der Waals surface area contributed by atoms with Gasteiger partial charge in [-0.25, -0.2) is 4.68 Å². The van der Waals surface area contributed by atoms with Crippen molar-refractivity contribution >= 4 is 5.69 Å². The molecule has 2 rings (SSSR count). The Morgan fingerprint density at radius 3 is 3.31 bits per heavy atom. The van der Waals surface area contributed by atoms with E-state index in [4.69, 9.17) is 0 Å². The number of aryl methyl sites for hydroxylation is 2. The van der Waals surface area contributed by atoms with Crippen LogP contribution in [-0.2, 0) is 13.0 Å². The number of fused-ring (bicyclic) bond motifs is 1. The molecule has 0 aromatic carbocycles. The van der Waals surface area contributed by atoms with Crippen LogP contribution in [0.15, 0.2) is 10.9 Å². The zero-order valence-electron chi connectivity index (χ0n) is 7.71. The summed E-state index contributed by atoms with van der Waals surface area (Å²) in [6.45, 7) is 3.52. The van der Waals surface area contributed by atoms with Crippen LogP contribution in [0.1, 0.15) is 19.0 Å². The number of nitrogens with zero attached hydrogens (tertiary/aromatic N) is 2. The maximum atomic E-state index is 11.4. The lowest BCUT2D eigenvalue weighted by Crippen LogP contribution is -2.26. The van der Waals surface area contributed by atoms with E-state index in [1.54, 1.807) is 6.07 Å². The van der Waals surface area contributed by atoms with Crippen molar-refractivity contribution in [2.24, 2.45) is 0 Å². The highest BCUT2D eigenvalue weighted by atomic mass is 16.1. The first kappa shape index (κ1) is 8.29. The molecule has 0 aliphatic carbocycles. The molecule has 4 nitrogen and oxygen atoms in total. The van der Waals surface area contributed by atoms with Crippen LogP contribution < -0.4 is 10.9 Å². The van der Waals surface area contributed by atoms with E-state index in [1.807, 2.05) is 6.92 Å². The molecule has 2 heterocycles. The molecule has 0 atom stereocenters. The monoisotopic (exact) mass is 179 g/mol. The number of rotatable bonds is 1. The van der Waals surface area contributed by atoms with Crippen molar-refractivity contribution in [3.8, 4) is 0 Å². The Labute approximate surface area is 76.6 Å². The molecule has 0 spiro atoms. The predicted molar refractivity (Wildman–Crippen MR) is 51.0 cm³/mol. The standard InChI is InChI=1S/C9H13N3O/c1-2-12-9(13)6-8-7(11-12)4-3-5-10-8/h6,10H,2-5H2,1H3. The van der Waals surface area contributed by atoms with Crippen molar-refractivity contribution in [1.29, 1.82) is 0 Å². The topological polar surface area (TPSA) is 46.9 Å². The molecule has 0 bridgehead atoms. The molecule has 0 amide bonds. The van der Waals surface area contributed by atoms with Crippen LogP contribution in [0.25, 0.3) is 0 Å². The maximum Gasteiger partial charge on any atom is 0.268 e. The van der Waals surface area contributed by atoms with Crippen molar-refractivity contribution in [2.45, 2.75) is 26.3 Å². The van der Waals surface area contributed by atoms with E-state index < -0.39 is 0 Å². The average molecular weight is 179 g/mol. The maximum absolute atomic E-state index is 11.4. The summed E-state index contributed by atoms with van der Waals surface area (Å²) < 4.78 is 1.51. The lowest BCUT2D eigenvalue weighted by molar-refractivity contribution is 0.589. The largest absolute Gasteiger partial charge is 0.383 e. The second-order valence-corrected chi connectivity index (χ2v) is 3.19. The van der Waals surface area contributed by atoms with Crippen LogP contribution in [0.5, 0.6) is 0 Å². The molecular formula is C9H13N3O. The third-order valence-corrected chi connectivity index (χ3v) is 2.28. The first-order valence-electron chi connectivity index (χ1n) is 4.66. The summed E-state index contributed by atoms with van der Waals surface area (Å²) in [4.78, 5) is 11.4. The van der Waals surface area contributed by atoms with Crippen molar-refractivity contribution in [2.75, 3.05) is 11.9 Å². The third-order valence-electron chi connectivity index (χ3n) is 2.28. The zero-order chi connectivity index (χ0) is 9.26. The number of aromatic nitrogens is 2. The second-order valence-electron chi connectivity index (χ2n) is 3.19. The molecule has 1 aromatic rings. The first-order chi connectivity index (χ1) is 6.31. The van der Waals surface area contributed by atoms with Crippen LogP contribution in [0.2, 0.25) is 0 Å². The summed E-state index contributed by atoms with van der Waals surface area (Å²) in [5.74, 6) is 0. The Morgan fingerprint density at radius 1 is 1.69 bits per heavy atom. The van der Waals surface area contributed by atoms with Crippen molar-refractivity contribution in [3.05, 3.63) is 22.1 Å². The highest BCUT2D eigenvalue weighted by Crippen LogP contribution is 2.16. The summed E-state index contributed by atoms with van der Waals surface area (Å²) in [5.41, 5.74) is 1.92. The molecule has 1 aliphatic rings. The highest BCUT2D eigenvalue weighted by molar-refractivity contribution is 5.48. The van der Waals surface area contributed by atoms with Crippen LogP contribution in [-0.4, -0.2) is 16.3 Å². The van der Waals surface area contributed by atoms with Gasteiger partial charge in [-0.2, -0.15) is 5.10 Å². The Balaban J connectivity index is 2.51. The SMILES string of the molecule is CCn1nc2c(cc1=O)NCCC2. The Bertz CT molecular complexity index is 370. The number of hydrogen-bond acceptors (Lipinski definition) is 3. The summed E-state index contributed by atoms with van der Waals surface area (Å²) in [5, 5.41) is 7.45. The number of hydrogen-bond donors (Lipinski definition) is 1. The number of nitrogens with one attached hydrogen (secondary N) is 1. The quantitative estimate of drug-likeness (QED) is 0.687. The van der Waals surface area contributed by atoms with E-state index >= 15 is 0 Å². The van der Waals surface area contributed by atoms with Gasteiger partial charge in [-0.15, -0.1) is 0 Å². The van der Waals surface area contributed by atoms with E-state index in [0.29, 0.717) is 6.54 Å².